The van der Waals surface area contributed by atoms with Crippen LogP contribution in [0.3, 0.4) is 0 Å². The Morgan fingerprint density at radius 3 is 2.56 bits per heavy atom. The van der Waals surface area contributed by atoms with Crippen molar-refractivity contribution in [3.05, 3.63) is 0 Å². The molecule has 0 bridgehead atoms. The minimum Gasteiger partial charge on any atom is -0.466 e. The summed E-state index contributed by atoms with van der Waals surface area (Å²) in [6.45, 7) is 5.24. The summed E-state index contributed by atoms with van der Waals surface area (Å²) in [7, 11) is 0. The summed E-state index contributed by atoms with van der Waals surface area (Å²) in [5.74, 6) is -0.546. The third-order valence-electron chi connectivity index (χ3n) is 2.99. The van der Waals surface area contributed by atoms with Crippen LogP contribution in [0.4, 0.5) is 0 Å². The van der Waals surface area contributed by atoms with Crippen molar-refractivity contribution in [2.75, 3.05) is 6.61 Å². The zero-order valence-electron chi connectivity index (χ0n) is 11.3. The molecule has 1 saturated heterocycles. The molecule has 1 aliphatic heterocycles. The lowest BCUT2D eigenvalue weighted by Crippen LogP contribution is -2.26. The van der Waals surface area contributed by atoms with E-state index in [0.717, 1.165) is 25.7 Å². The average Bonchev–Trinajstić information content (AvgIpc) is 2.66. The van der Waals surface area contributed by atoms with Gasteiger partial charge in [0.2, 0.25) is 0 Å². The van der Waals surface area contributed by atoms with E-state index in [1.165, 1.54) is 13.8 Å². The molecule has 0 unspecified atom stereocenters. The lowest BCUT2D eigenvalue weighted by Gasteiger charge is -2.18. The third kappa shape index (κ3) is 5.04. The van der Waals surface area contributed by atoms with Crippen molar-refractivity contribution in [1.82, 2.24) is 0 Å². The molecule has 0 spiro atoms. The number of hydrogen-bond acceptors (Lipinski definition) is 5. The number of esters is 2. The maximum Gasteiger partial charge on any atom is 0.302 e. The number of ether oxygens (including phenoxy) is 3. The van der Waals surface area contributed by atoms with Crippen molar-refractivity contribution >= 4 is 11.9 Å². The summed E-state index contributed by atoms with van der Waals surface area (Å²) in [6.07, 6.45) is 3.06. The molecule has 3 atom stereocenters. The minimum atomic E-state index is -0.273. The first-order valence-electron chi connectivity index (χ1n) is 6.49. The van der Waals surface area contributed by atoms with E-state index >= 15 is 0 Å². The molecule has 0 aromatic heterocycles. The van der Waals surface area contributed by atoms with Gasteiger partial charge < -0.3 is 14.2 Å². The molecule has 0 aliphatic carbocycles. The van der Waals surface area contributed by atoms with Gasteiger partial charge in [-0.25, -0.2) is 0 Å². The van der Waals surface area contributed by atoms with Crippen molar-refractivity contribution in [2.24, 2.45) is 0 Å². The van der Waals surface area contributed by atoms with Crippen LogP contribution in [-0.2, 0) is 23.8 Å². The van der Waals surface area contributed by atoms with Gasteiger partial charge in [-0.3, -0.25) is 9.59 Å². The van der Waals surface area contributed by atoms with E-state index in [9.17, 15) is 9.59 Å². The predicted molar refractivity (Wildman–Crippen MR) is 65.0 cm³/mol. The van der Waals surface area contributed by atoms with Crippen LogP contribution in [0.25, 0.3) is 0 Å². The van der Waals surface area contributed by atoms with Gasteiger partial charge in [0.05, 0.1) is 18.8 Å². The molecule has 0 N–H and O–H groups in total. The Labute approximate surface area is 108 Å². The number of rotatable bonds is 6. The Morgan fingerprint density at radius 2 is 2.00 bits per heavy atom. The van der Waals surface area contributed by atoms with Gasteiger partial charge in [-0.15, -0.1) is 0 Å². The summed E-state index contributed by atoms with van der Waals surface area (Å²) >= 11 is 0. The highest BCUT2D eigenvalue weighted by atomic mass is 16.6. The van der Waals surface area contributed by atoms with Gasteiger partial charge in [0, 0.05) is 20.3 Å². The second kappa shape index (κ2) is 7.36. The highest BCUT2D eigenvalue weighted by Gasteiger charge is 2.36. The minimum absolute atomic E-state index is 0.0746. The second-order valence-electron chi connectivity index (χ2n) is 4.57. The van der Waals surface area contributed by atoms with E-state index in [1.807, 2.05) is 0 Å². The lowest BCUT2D eigenvalue weighted by molar-refractivity contribution is -0.149. The molecule has 1 fully saturated rings. The van der Waals surface area contributed by atoms with E-state index in [0.29, 0.717) is 6.61 Å². The Morgan fingerprint density at radius 1 is 1.28 bits per heavy atom. The monoisotopic (exact) mass is 258 g/mol. The molecular weight excluding hydrogens is 236 g/mol. The van der Waals surface area contributed by atoms with E-state index in [1.54, 1.807) is 0 Å². The Bertz CT molecular complexity index is 289. The van der Waals surface area contributed by atoms with E-state index in [-0.39, 0.29) is 30.3 Å². The zero-order chi connectivity index (χ0) is 13.5. The Kier molecular flexibility index (Phi) is 6.12. The Hall–Kier alpha value is -1.10. The van der Waals surface area contributed by atoms with Crippen LogP contribution in [0.1, 0.15) is 46.5 Å². The highest BCUT2D eigenvalue weighted by molar-refractivity contribution is 5.66. The molecule has 1 rings (SSSR count). The molecule has 0 aromatic carbocycles. The van der Waals surface area contributed by atoms with Crippen LogP contribution < -0.4 is 0 Å². The number of carbonyl (C=O) groups excluding carboxylic acids is 2. The molecule has 1 aliphatic rings. The standard InChI is InChI=1S/C13H22O5/c1-4-11-8-13(17-10(3)15)12(18-11)6-5-7-16-9(2)14/h11-13H,4-8H2,1-3H3/t11-,12+,13+/m1/s1. The van der Waals surface area contributed by atoms with Crippen LogP contribution in [0, 0.1) is 0 Å². The SMILES string of the molecule is CC[C@@H]1C[C@H](OC(C)=O)[C@H](CCCOC(C)=O)O1. The zero-order valence-corrected chi connectivity index (χ0v) is 11.3. The fourth-order valence-corrected chi connectivity index (χ4v) is 2.16. The molecular formula is C13H22O5. The molecule has 18 heavy (non-hydrogen) atoms. The van der Waals surface area contributed by atoms with E-state index < -0.39 is 0 Å². The molecule has 5 nitrogen and oxygen atoms in total. The van der Waals surface area contributed by atoms with Crippen molar-refractivity contribution < 1.29 is 23.8 Å². The molecule has 1 heterocycles. The predicted octanol–water partition coefficient (Wildman–Crippen LogP) is 1.83. The van der Waals surface area contributed by atoms with Gasteiger partial charge >= 0.3 is 11.9 Å². The van der Waals surface area contributed by atoms with Crippen molar-refractivity contribution in [2.45, 2.75) is 64.8 Å². The second-order valence-corrected chi connectivity index (χ2v) is 4.57. The topological polar surface area (TPSA) is 61.8 Å². The van der Waals surface area contributed by atoms with Crippen LogP contribution in [0.2, 0.25) is 0 Å². The number of carbonyl (C=O) groups is 2. The maximum atomic E-state index is 11.0. The summed E-state index contributed by atoms with van der Waals surface area (Å²) in [5.41, 5.74) is 0. The van der Waals surface area contributed by atoms with Gasteiger partial charge in [0.15, 0.2) is 0 Å². The van der Waals surface area contributed by atoms with Gasteiger partial charge in [-0.1, -0.05) is 6.92 Å². The molecule has 104 valence electrons. The summed E-state index contributed by atoms with van der Waals surface area (Å²) in [6, 6.07) is 0. The molecule has 5 heteroatoms. The highest BCUT2D eigenvalue weighted by Crippen LogP contribution is 2.28. The van der Waals surface area contributed by atoms with Gasteiger partial charge in [-0.05, 0) is 19.3 Å². The number of hydrogen-bond donors (Lipinski definition) is 0. The fourth-order valence-electron chi connectivity index (χ4n) is 2.16. The molecule has 0 radical (unpaired) electrons. The third-order valence-corrected chi connectivity index (χ3v) is 2.99. The first-order chi connectivity index (χ1) is 8.52. The van der Waals surface area contributed by atoms with Crippen molar-refractivity contribution in [1.29, 1.82) is 0 Å². The van der Waals surface area contributed by atoms with Gasteiger partial charge in [-0.2, -0.15) is 0 Å². The summed E-state index contributed by atoms with van der Waals surface area (Å²) in [4.78, 5) is 21.6. The van der Waals surface area contributed by atoms with E-state index in [4.69, 9.17) is 14.2 Å². The smallest absolute Gasteiger partial charge is 0.302 e. The van der Waals surface area contributed by atoms with Gasteiger partial charge in [0.1, 0.15) is 6.10 Å². The molecule has 0 saturated carbocycles. The molecule has 0 amide bonds. The van der Waals surface area contributed by atoms with Crippen LogP contribution in [0.5, 0.6) is 0 Å². The van der Waals surface area contributed by atoms with Crippen molar-refractivity contribution in [3.63, 3.8) is 0 Å². The fraction of sp³-hybridized carbons (Fsp3) is 0.846. The first kappa shape index (κ1) is 15.0. The Balaban J connectivity index is 2.35. The summed E-state index contributed by atoms with van der Waals surface area (Å²) in [5, 5.41) is 0. The van der Waals surface area contributed by atoms with Crippen LogP contribution >= 0.6 is 0 Å². The van der Waals surface area contributed by atoms with Crippen LogP contribution in [-0.4, -0.2) is 36.9 Å². The summed E-state index contributed by atoms with van der Waals surface area (Å²) < 4.78 is 15.9. The lowest BCUT2D eigenvalue weighted by atomic mass is 10.1. The molecule has 0 aromatic rings. The largest absolute Gasteiger partial charge is 0.466 e. The quantitative estimate of drug-likeness (QED) is 0.537. The van der Waals surface area contributed by atoms with E-state index in [2.05, 4.69) is 6.92 Å². The average molecular weight is 258 g/mol. The van der Waals surface area contributed by atoms with Crippen LogP contribution in [0.15, 0.2) is 0 Å². The first-order valence-corrected chi connectivity index (χ1v) is 6.49. The maximum absolute atomic E-state index is 11.0. The normalized spacial score (nSPS) is 26.9. The van der Waals surface area contributed by atoms with Crippen molar-refractivity contribution in [3.8, 4) is 0 Å². The van der Waals surface area contributed by atoms with Gasteiger partial charge in [0.25, 0.3) is 0 Å².